The summed E-state index contributed by atoms with van der Waals surface area (Å²) < 4.78 is 0. The monoisotopic (exact) mass is 169 g/mol. The molecule has 1 fully saturated rings. The lowest BCUT2D eigenvalue weighted by atomic mass is 10.0. The molecule has 0 amide bonds. The highest BCUT2D eigenvalue weighted by Crippen LogP contribution is 2.54. The van der Waals surface area contributed by atoms with Crippen LogP contribution in [0.4, 0.5) is 0 Å². The van der Waals surface area contributed by atoms with E-state index in [1.807, 2.05) is 0 Å². The van der Waals surface area contributed by atoms with Crippen molar-refractivity contribution < 1.29 is 0 Å². The molecule has 0 spiro atoms. The summed E-state index contributed by atoms with van der Waals surface area (Å²) in [6.45, 7) is 10.5. The summed E-state index contributed by atoms with van der Waals surface area (Å²) >= 11 is 0. The topological polar surface area (TPSA) is 12.0 Å². The molecule has 1 N–H and O–H groups in total. The fourth-order valence-electron chi connectivity index (χ4n) is 2.10. The Bertz CT molecular complexity index is 140. The van der Waals surface area contributed by atoms with E-state index >= 15 is 0 Å². The quantitative estimate of drug-likeness (QED) is 0.667. The van der Waals surface area contributed by atoms with Gasteiger partial charge in [-0.25, -0.2) is 0 Å². The SMILES string of the molecule is CCCNC(CC)C1CC1(C)C. The fraction of sp³-hybridized carbons (Fsp3) is 1.00. The van der Waals surface area contributed by atoms with Gasteiger partial charge in [-0.2, -0.15) is 0 Å². The maximum atomic E-state index is 3.64. The standard InChI is InChI=1S/C11H23N/c1-5-7-12-10(6-2)9-8-11(9,3)4/h9-10,12H,5-8H2,1-4H3. The third kappa shape index (κ3) is 2.22. The van der Waals surface area contributed by atoms with Gasteiger partial charge in [0.25, 0.3) is 0 Å². The number of hydrogen-bond acceptors (Lipinski definition) is 1. The molecule has 0 heterocycles. The molecule has 0 saturated heterocycles. The van der Waals surface area contributed by atoms with Crippen LogP contribution in [-0.4, -0.2) is 12.6 Å². The van der Waals surface area contributed by atoms with Crippen LogP contribution in [0, 0.1) is 11.3 Å². The van der Waals surface area contributed by atoms with Gasteiger partial charge in [-0.15, -0.1) is 0 Å². The van der Waals surface area contributed by atoms with Crippen molar-refractivity contribution in [3.05, 3.63) is 0 Å². The predicted octanol–water partition coefficient (Wildman–Crippen LogP) is 2.81. The molecule has 1 aliphatic carbocycles. The fourth-order valence-corrected chi connectivity index (χ4v) is 2.10. The van der Waals surface area contributed by atoms with Gasteiger partial charge in [0, 0.05) is 6.04 Å². The summed E-state index contributed by atoms with van der Waals surface area (Å²) in [5.41, 5.74) is 0.626. The summed E-state index contributed by atoms with van der Waals surface area (Å²) in [7, 11) is 0. The van der Waals surface area contributed by atoms with Crippen molar-refractivity contribution in [2.75, 3.05) is 6.54 Å². The molecule has 1 saturated carbocycles. The molecule has 1 rings (SSSR count). The van der Waals surface area contributed by atoms with Crippen LogP contribution in [0.1, 0.15) is 47.0 Å². The zero-order valence-electron chi connectivity index (χ0n) is 8.98. The summed E-state index contributed by atoms with van der Waals surface area (Å²) in [4.78, 5) is 0. The second-order valence-corrected chi connectivity index (χ2v) is 4.77. The van der Waals surface area contributed by atoms with Gasteiger partial charge in [0.05, 0.1) is 0 Å². The van der Waals surface area contributed by atoms with Crippen LogP contribution in [0.15, 0.2) is 0 Å². The van der Waals surface area contributed by atoms with E-state index in [0.29, 0.717) is 5.41 Å². The van der Waals surface area contributed by atoms with E-state index in [0.717, 1.165) is 12.0 Å². The third-order valence-corrected chi connectivity index (χ3v) is 3.17. The van der Waals surface area contributed by atoms with Crippen LogP contribution in [0.2, 0.25) is 0 Å². The molecule has 2 atom stereocenters. The largest absolute Gasteiger partial charge is 0.314 e. The van der Waals surface area contributed by atoms with Crippen molar-refractivity contribution in [2.45, 2.75) is 53.0 Å². The third-order valence-electron chi connectivity index (χ3n) is 3.17. The first kappa shape index (κ1) is 10.0. The summed E-state index contributed by atoms with van der Waals surface area (Å²) in [5.74, 6) is 0.939. The second-order valence-electron chi connectivity index (χ2n) is 4.77. The molecule has 0 aliphatic heterocycles. The molecular weight excluding hydrogens is 146 g/mol. The Labute approximate surface area is 76.9 Å². The molecular formula is C11H23N. The van der Waals surface area contributed by atoms with E-state index in [9.17, 15) is 0 Å². The van der Waals surface area contributed by atoms with E-state index in [4.69, 9.17) is 0 Å². The minimum Gasteiger partial charge on any atom is -0.314 e. The van der Waals surface area contributed by atoms with Crippen molar-refractivity contribution in [2.24, 2.45) is 11.3 Å². The highest BCUT2D eigenvalue weighted by molar-refractivity contribution is 5.01. The van der Waals surface area contributed by atoms with Crippen LogP contribution >= 0.6 is 0 Å². The van der Waals surface area contributed by atoms with Crippen molar-refractivity contribution in [1.29, 1.82) is 0 Å². The van der Waals surface area contributed by atoms with Gasteiger partial charge >= 0.3 is 0 Å². The van der Waals surface area contributed by atoms with E-state index < -0.39 is 0 Å². The van der Waals surface area contributed by atoms with E-state index in [-0.39, 0.29) is 0 Å². The highest BCUT2D eigenvalue weighted by atomic mass is 14.9. The Morgan fingerprint density at radius 2 is 2.00 bits per heavy atom. The van der Waals surface area contributed by atoms with E-state index in [1.165, 1.54) is 25.8 Å². The Kier molecular flexibility index (Phi) is 3.16. The first-order valence-electron chi connectivity index (χ1n) is 5.35. The summed E-state index contributed by atoms with van der Waals surface area (Å²) in [5, 5.41) is 3.64. The zero-order chi connectivity index (χ0) is 9.19. The normalized spacial score (nSPS) is 28.5. The van der Waals surface area contributed by atoms with Crippen LogP contribution in [0.3, 0.4) is 0 Å². The molecule has 12 heavy (non-hydrogen) atoms. The zero-order valence-corrected chi connectivity index (χ0v) is 8.98. The first-order valence-corrected chi connectivity index (χ1v) is 5.35. The summed E-state index contributed by atoms with van der Waals surface area (Å²) in [6, 6.07) is 0.778. The molecule has 0 aromatic rings. The molecule has 72 valence electrons. The average molecular weight is 169 g/mol. The molecule has 2 unspecified atom stereocenters. The van der Waals surface area contributed by atoms with Gasteiger partial charge in [0.15, 0.2) is 0 Å². The van der Waals surface area contributed by atoms with E-state index in [1.54, 1.807) is 0 Å². The summed E-state index contributed by atoms with van der Waals surface area (Å²) in [6.07, 6.45) is 3.96. The molecule has 0 aromatic carbocycles. The maximum Gasteiger partial charge on any atom is 0.00979 e. The van der Waals surface area contributed by atoms with Crippen molar-refractivity contribution in [1.82, 2.24) is 5.32 Å². The first-order chi connectivity index (χ1) is 5.61. The van der Waals surface area contributed by atoms with Crippen LogP contribution < -0.4 is 5.32 Å². The maximum absolute atomic E-state index is 3.64. The predicted molar refractivity (Wildman–Crippen MR) is 54.3 cm³/mol. The van der Waals surface area contributed by atoms with Crippen molar-refractivity contribution in [3.63, 3.8) is 0 Å². The van der Waals surface area contributed by atoms with Crippen molar-refractivity contribution in [3.8, 4) is 0 Å². The minimum absolute atomic E-state index is 0.626. The smallest absolute Gasteiger partial charge is 0.00979 e. The number of hydrogen-bond donors (Lipinski definition) is 1. The Balaban J connectivity index is 2.27. The van der Waals surface area contributed by atoms with Gasteiger partial charge in [0.1, 0.15) is 0 Å². The van der Waals surface area contributed by atoms with Crippen LogP contribution in [-0.2, 0) is 0 Å². The molecule has 0 aromatic heterocycles. The molecule has 0 bridgehead atoms. The van der Waals surface area contributed by atoms with Crippen LogP contribution in [0.25, 0.3) is 0 Å². The Morgan fingerprint density at radius 3 is 2.33 bits per heavy atom. The second kappa shape index (κ2) is 3.78. The van der Waals surface area contributed by atoms with Gasteiger partial charge in [-0.3, -0.25) is 0 Å². The molecule has 1 heteroatoms. The number of nitrogens with one attached hydrogen (secondary N) is 1. The lowest BCUT2D eigenvalue weighted by molar-refractivity contribution is 0.395. The number of rotatable bonds is 5. The van der Waals surface area contributed by atoms with Gasteiger partial charge < -0.3 is 5.32 Å². The average Bonchev–Trinajstić information content (AvgIpc) is 2.62. The van der Waals surface area contributed by atoms with Gasteiger partial charge in [-0.05, 0) is 37.1 Å². The lowest BCUT2D eigenvalue weighted by Gasteiger charge is -2.18. The van der Waals surface area contributed by atoms with Crippen LogP contribution in [0.5, 0.6) is 0 Å². The van der Waals surface area contributed by atoms with Gasteiger partial charge in [0.2, 0.25) is 0 Å². The minimum atomic E-state index is 0.626. The van der Waals surface area contributed by atoms with Gasteiger partial charge in [-0.1, -0.05) is 27.7 Å². The van der Waals surface area contributed by atoms with E-state index in [2.05, 4.69) is 33.0 Å². The Hall–Kier alpha value is -0.0400. The molecule has 1 nitrogen and oxygen atoms in total. The molecule has 0 radical (unpaired) electrons. The lowest BCUT2D eigenvalue weighted by Crippen LogP contribution is -2.32. The molecule has 1 aliphatic rings. The highest BCUT2D eigenvalue weighted by Gasteiger charge is 2.49. The van der Waals surface area contributed by atoms with Crippen molar-refractivity contribution >= 4 is 0 Å². The Morgan fingerprint density at radius 1 is 1.42 bits per heavy atom.